The molecule has 6 heteroatoms. The number of rotatable bonds is 4. The average molecular weight is 348 g/mol. The van der Waals surface area contributed by atoms with E-state index in [1.165, 1.54) is 7.11 Å². The van der Waals surface area contributed by atoms with E-state index in [0.717, 1.165) is 16.4 Å². The maximum atomic E-state index is 12.7. The van der Waals surface area contributed by atoms with Crippen LogP contribution in [0.3, 0.4) is 0 Å². The molecule has 26 heavy (non-hydrogen) atoms. The highest BCUT2D eigenvalue weighted by Gasteiger charge is 2.17. The summed E-state index contributed by atoms with van der Waals surface area (Å²) >= 11 is 0. The predicted octanol–water partition coefficient (Wildman–Crippen LogP) is 4.25. The number of hydrogen-bond donors (Lipinski definition) is 1. The van der Waals surface area contributed by atoms with Gasteiger partial charge in [0.25, 0.3) is 5.91 Å². The van der Waals surface area contributed by atoms with Gasteiger partial charge in [-0.25, -0.2) is 4.98 Å². The van der Waals surface area contributed by atoms with Gasteiger partial charge in [0, 0.05) is 23.0 Å². The van der Waals surface area contributed by atoms with Crippen LogP contribution in [-0.2, 0) is 0 Å². The van der Waals surface area contributed by atoms with E-state index in [4.69, 9.17) is 13.9 Å². The fraction of sp³-hybridized carbons (Fsp3) is 0.100. The number of furan rings is 1. The highest BCUT2D eigenvalue weighted by Crippen LogP contribution is 2.36. The Kier molecular flexibility index (Phi) is 3.93. The third kappa shape index (κ3) is 2.61. The van der Waals surface area contributed by atoms with Gasteiger partial charge in [-0.15, -0.1) is 0 Å². The predicted molar refractivity (Wildman–Crippen MR) is 99.0 cm³/mol. The molecule has 2 aromatic heterocycles. The first-order valence-electron chi connectivity index (χ1n) is 8.01. The van der Waals surface area contributed by atoms with E-state index in [9.17, 15) is 4.79 Å². The molecule has 0 fully saturated rings. The lowest BCUT2D eigenvalue weighted by Crippen LogP contribution is -2.14. The molecule has 0 radical (unpaired) electrons. The molecule has 0 spiro atoms. The van der Waals surface area contributed by atoms with Crippen molar-refractivity contribution < 1.29 is 18.7 Å². The molecular weight excluding hydrogens is 332 g/mol. The topological polar surface area (TPSA) is 73.6 Å². The molecule has 0 saturated carbocycles. The smallest absolute Gasteiger partial charge is 0.261 e. The molecule has 0 aliphatic rings. The maximum absolute atomic E-state index is 12.7. The van der Waals surface area contributed by atoms with E-state index in [1.54, 1.807) is 31.5 Å². The Morgan fingerprint density at radius 3 is 2.65 bits per heavy atom. The summed E-state index contributed by atoms with van der Waals surface area (Å²) in [5.74, 6) is 0.456. The van der Waals surface area contributed by atoms with Crippen molar-refractivity contribution in [2.75, 3.05) is 19.5 Å². The number of para-hydroxylation sites is 1. The fourth-order valence-corrected chi connectivity index (χ4v) is 2.93. The number of nitrogens with one attached hydrogen (secondary N) is 1. The lowest BCUT2D eigenvalue weighted by atomic mass is 10.1. The summed E-state index contributed by atoms with van der Waals surface area (Å²) in [6, 6.07) is 14.7. The van der Waals surface area contributed by atoms with E-state index < -0.39 is 0 Å². The minimum absolute atomic E-state index is 0.258. The second-order valence-electron chi connectivity index (χ2n) is 5.66. The summed E-state index contributed by atoms with van der Waals surface area (Å²) < 4.78 is 16.5. The van der Waals surface area contributed by atoms with Crippen molar-refractivity contribution in [2.45, 2.75) is 0 Å². The maximum Gasteiger partial charge on any atom is 0.261 e. The number of hydrogen-bond acceptors (Lipinski definition) is 5. The highest BCUT2D eigenvalue weighted by molar-refractivity contribution is 6.10. The average Bonchev–Trinajstić information content (AvgIpc) is 3.04. The first-order valence-corrected chi connectivity index (χ1v) is 8.01. The molecule has 2 heterocycles. The lowest BCUT2D eigenvalue weighted by Gasteiger charge is -2.11. The van der Waals surface area contributed by atoms with Gasteiger partial charge in [-0.3, -0.25) is 4.79 Å². The van der Waals surface area contributed by atoms with Gasteiger partial charge in [-0.05, 0) is 24.3 Å². The Labute approximate surface area is 149 Å². The molecule has 1 N–H and O–H groups in total. The molecule has 0 unspecified atom stereocenters. The van der Waals surface area contributed by atoms with Gasteiger partial charge in [0.15, 0.2) is 0 Å². The molecule has 1 amide bonds. The molecule has 4 rings (SSSR count). The Morgan fingerprint density at radius 2 is 1.85 bits per heavy atom. The van der Waals surface area contributed by atoms with Crippen molar-refractivity contribution in [3.63, 3.8) is 0 Å². The lowest BCUT2D eigenvalue weighted by molar-refractivity contribution is 0.102. The van der Waals surface area contributed by atoms with Gasteiger partial charge in [0.05, 0.1) is 19.9 Å². The van der Waals surface area contributed by atoms with Crippen molar-refractivity contribution in [2.24, 2.45) is 0 Å². The Balaban J connectivity index is 1.78. The first kappa shape index (κ1) is 16.0. The van der Waals surface area contributed by atoms with Gasteiger partial charge < -0.3 is 19.2 Å². The summed E-state index contributed by atoms with van der Waals surface area (Å²) in [7, 11) is 3.03. The first-order chi connectivity index (χ1) is 12.7. The molecule has 0 aliphatic carbocycles. The molecule has 0 atom stereocenters. The number of nitrogens with zero attached hydrogens (tertiary/aromatic N) is 1. The van der Waals surface area contributed by atoms with Crippen molar-refractivity contribution in [3.05, 3.63) is 60.3 Å². The van der Waals surface area contributed by atoms with Crippen molar-refractivity contribution >= 4 is 33.5 Å². The van der Waals surface area contributed by atoms with E-state index in [1.807, 2.05) is 30.3 Å². The van der Waals surface area contributed by atoms with Crippen LogP contribution in [0.2, 0.25) is 0 Å². The second-order valence-corrected chi connectivity index (χ2v) is 5.66. The number of fused-ring (bicyclic) bond motifs is 3. The van der Waals surface area contributed by atoms with E-state index >= 15 is 0 Å². The van der Waals surface area contributed by atoms with Gasteiger partial charge in [0.2, 0.25) is 5.88 Å². The van der Waals surface area contributed by atoms with Crippen LogP contribution < -0.4 is 14.8 Å². The highest BCUT2D eigenvalue weighted by atomic mass is 16.5. The van der Waals surface area contributed by atoms with Crippen molar-refractivity contribution in [1.29, 1.82) is 0 Å². The van der Waals surface area contributed by atoms with Crippen molar-refractivity contribution in [3.8, 4) is 11.6 Å². The number of methoxy groups -OCH3 is 2. The summed E-state index contributed by atoms with van der Waals surface area (Å²) in [6.07, 6.45) is 1.57. The zero-order valence-corrected chi connectivity index (χ0v) is 14.3. The van der Waals surface area contributed by atoms with E-state index in [2.05, 4.69) is 10.3 Å². The van der Waals surface area contributed by atoms with Gasteiger partial charge in [-0.2, -0.15) is 0 Å². The monoisotopic (exact) mass is 348 g/mol. The summed E-state index contributed by atoms with van der Waals surface area (Å²) in [5.41, 5.74) is 2.29. The SMILES string of the molecule is COc1cc2c(cc1NC(=O)c1cccnc1OC)oc1ccccc12. The standard InChI is InChI=1S/C20H16N2O4/c1-24-18-10-14-12-6-3-4-8-16(12)26-17(14)11-15(18)22-19(23)13-7-5-9-21-20(13)25-2/h3-11H,1-2H3,(H,22,23). The molecule has 6 nitrogen and oxygen atoms in total. The zero-order valence-electron chi connectivity index (χ0n) is 14.3. The normalized spacial score (nSPS) is 10.8. The van der Waals surface area contributed by atoms with Crippen LogP contribution in [0, 0.1) is 0 Å². The van der Waals surface area contributed by atoms with Crippen molar-refractivity contribution in [1.82, 2.24) is 4.98 Å². The van der Waals surface area contributed by atoms with Crippen LogP contribution in [0.5, 0.6) is 11.6 Å². The van der Waals surface area contributed by atoms with Gasteiger partial charge in [0.1, 0.15) is 22.5 Å². The Bertz CT molecular complexity index is 1120. The van der Waals surface area contributed by atoms with Crippen LogP contribution in [0.25, 0.3) is 21.9 Å². The molecule has 0 saturated heterocycles. The number of ether oxygens (including phenoxy) is 2. The number of aromatic nitrogens is 1. The summed E-state index contributed by atoms with van der Waals surface area (Å²) in [4.78, 5) is 16.7. The third-order valence-corrected chi connectivity index (χ3v) is 4.16. The molecule has 2 aromatic carbocycles. The minimum Gasteiger partial charge on any atom is -0.495 e. The Morgan fingerprint density at radius 1 is 1.00 bits per heavy atom. The molecule has 4 aromatic rings. The second kappa shape index (κ2) is 6.40. The van der Waals surface area contributed by atoms with Crippen LogP contribution in [0.15, 0.2) is 59.1 Å². The number of anilines is 1. The van der Waals surface area contributed by atoms with E-state index in [0.29, 0.717) is 22.6 Å². The van der Waals surface area contributed by atoms with Crippen LogP contribution >= 0.6 is 0 Å². The van der Waals surface area contributed by atoms with Gasteiger partial charge >= 0.3 is 0 Å². The minimum atomic E-state index is -0.344. The molecule has 0 aliphatic heterocycles. The van der Waals surface area contributed by atoms with E-state index in [-0.39, 0.29) is 11.8 Å². The number of carbonyl (C=O) groups is 1. The zero-order chi connectivity index (χ0) is 18.1. The number of benzene rings is 2. The van der Waals surface area contributed by atoms with Crippen LogP contribution in [0.4, 0.5) is 5.69 Å². The quantitative estimate of drug-likeness (QED) is 0.597. The molecule has 0 bridgehead atoms. The largest absolute Gasteiger partial charge is 0.495 e. The number of amides is 1. The van der Waals surface area contributed by atoms with Crippen LogP contribution in [-0.4, -0.2) is 25.1 Å². The van der Waals surface area contributed by atoms with Crippen LogP contribution in [0.1, 0.15) is 10.4 Å². The summed E-state index contributed by atoms with van der Waals surface area (Å²) in [5, 5.41) is 4.76. The number of pyridine rings is 1. The third-order valence-electron chi connectivity index (χ3n) is 4.16. The fourth-order valence-electron chi connectivity index (χ4n) is 2.93. The summed E-state index contributed by atoms with van der Waals surface area (Å²) in [6.45, 7) is 0. The molecular formula is C20H16N2O4. The van der Waals surface area contributed by atoms with Gasteiger partial charge in [-0.1, -0.05) is 18.2 Å². The Hall–Kier alpha value is -3.54. The number of carbonyl (C=O) groups excluding carboxylic acids is 1. The molecule has 130 valence electrons.